The molecule has 11 heteroatoms. The molecule has 0 aliphatic carbocycles. The molecule has 0 aromatic heterocycles. The first-order valence-electron chi connectivity index (χ1n) is 19.4. The molecule has 1 fully saturated rings. The minimum atomic E-state index is -0.670. The lowest BCUT2D eigenvalue weighted by Crippen LogP contribution is -2.59. The van der Waals surface area contributed by atoms with E-state index in [1.54, 1.807) is 19.1 Å². The number of benzene rings is 1. The minimum absolute atomic E-state index is 0.0145. The molecule has 1 aromatic rings. The minimum Gasteiger partial charge on any atom is -0.379 e. The fraction of sp³-hybridized carbons (Fsp3) is 0.756. The number of likely N-dealkylation sites (N-methyl/N-ethyl adjacent to an activating group) is 2. The molecule has 0 bridgehead atoms. The number of carbonyl (C=O) groups excluding carboxylic acids is 4. The molecule has 2 N–H and O–H groups in total. The second-order valence-electron chi connectivity index (χ2n) is 15.9. The summed E-state index contributed by atoms with van der Waals surface area (Å²) < 4.78 is 12.2. The zero-order chi connectivity index (χ0) is 39.3. The highest BCUT2D eigenvalue weighted by atomic mass is 16.5. The summed E-state index contributed by atoms with van der Waals surface area (Å²) in [6.07, 6.45) is 3.22. The highest BCUT2D eigenvalue weighted by molar-refractivity contribution is 5.90. The summed E-state index contributed by atoms with van der Waals surface area (Å²) >= 11 is 0. The number of hydrogen-bond donors (Lipinski definition) is 2. The van der Waals surface area contributed by atoms with Gasteiger partial charge in [0.2, 0.25) is 17.7 Å². The smallest absolute Gasteiger partial charge is 0.245 e. The Hall–Kier alpha value is -2.86. The number of Topliss-reactive ketones (excluding diaryl/α,β-unsaturated/α-hetero) is 1. The highest BCUT2D eigenvalue weighted by Gasteiger charge is 2.41. The van der Waals surface area contributed by atoms with Crippen molar-refractivity contribution < 1.29 is 28.7 Å². The molecule has 0 radical (unpaired) electrons. The van der Waals surface area contributed by atoms with E-state index in [1.807, 2.05) is 91.0 Å². The Kier molecular flexibility index (Phi) is 18.9. The summed E-state index contributed by atoms with van der Waals surface area (Å²) in [5.41, 5.74) is 0.991. The van der Waals surface area contributed by atoms with Crippen molar-refractivity contribution in [2.75, 3.05) is 48.5 Å². The predicted octanol–water partition coefficient (Wildman–Crippen LogP) is 4.42. The Balaban J connectivity index is 2.21. The number of nitrogens with one attached hydrogen (secondary N) is 2. The molecular weight excluding hydrogens is 658 g/mol. The molecule has 0 saturated carbocycles. The fourth-order valence-corrected chi connectivity index (χ4v) is 8.01. The molecule has 1 aromatic carbocycles. The maximum absolute atomic E-state index is 14.2. The monoisotopic (exact) mass is 730 g/mol. The first-order valence-corrected chi connectivity index (χ1v) is 19.4. The van der Waals surface area contributed by atoms with Crippen LogP contribution in [0.1, 0.15) is 86.6 Å². The van der Waals surface area contributed by atoms with Crippen LogP contribution in [0, 0.1) is 23.7 Å². The van der Waals surface area contributed by atoms with E-state index in [9.17, 15) is 19.2 Å². The normalized spacial score (nSPS) is 19.8. The fourth-order valence-electron chi connectivity index (χ4n) is 8.01. The average Bonchev–Trinajstić information content (AvgIpc) is 3.55. The van der Waals surface area contributed by atoms with Gasteiger partial charge in [-0.05, 0) is 76.6 Å². The van der Waals surface area contributed by atoms with Gasteiger partial charge in [-0.15, -0.1) is 0 Å². The lowest BCUT2D eigenvalue weighted by atomic mass is 9.89. The molecular formula is C41H71N5O6. The number of likely N-dealkylation sites (tertiary alicyclic amines) is 1. The van der Waals surface area contributed by atoms with Gasteiger partial charge in [0.1, 0.15) is 6.04 Å². The van der Waals surface area contributed by atoms with Crippen LogP contribution in [0.5, 0.6) is 0 Å². The van der Waals surface area contributed by atoms with E-state index in [2.05, 4.69) is 29.4 Å². The Morgan fingerprint density at radius 2 is 1.54 bits per heavy atom. The standard InChI is InChI=1S/C41H71N5O6/c1-14-28(6)37(45(11)41(50)35(26(2)3)43-40(49)36(27(4)5)44(9)10)34(51-12)22-24-46-23-18-21-33(46)38(52-13)29(7)39(48)42-32(30(8)47)25-31-19-16-15-17-20-31/h15-17,19-20,26-29,32-38H,14,18,21-25H2,1-13H3,(H,42,48)(H,43,49)/t28-,29+,32-,33-,34+,35-,36-,37-,38+/m0/s1. The van der Waals surface area contributed by atoms with Gasteiger partial charge >= 0.3 is 0 Å². The molecule has 1 heterocycles. The van der Waals surface area contributed by atoms with E-state index in [1.165, 1.54) is 6.92 Å². The van der Waals surface area contributed by atoms with Crippen molar-refractivity contribution in [1.82, 2.24) is 25.3 Å². The largest absolute Gasteiger partial charge is 0.379 e. The van der Waals surface area contributed by atoms with Crippen LogP contribution in [0.25, 0.3) is 0 Å². The third kappa shape index (κ3) is 12.4. The lowest BCUT2D eigenvalue weighted by Gasteiger charge is -2.41. The second-order valence-corrected chi connectivity index (χ2v) is 15.9. The van der Waals surface area contributed by atoms with Crippen LogP contribution in [0.4, 0.5) is 0 Å². The summed E-state index contributed by atoms with van der Waals surface area (Å²) in [4.78, 5) is 59.8. The molecule has 52 heavy (non-hydrogen) atoms. The number of amides is 3. The van der Waals surface area contributed by atoms with Gasteiger partial charge in [0, 0.05) is 33.9 Å². The van der Waals surface area contributed by atoms with Crippen LogP contribution in [-0.4, -0.2) is 129 Å². The maximum Gasteiger partial charge on any atom is 0.245 e. The van der Waals surface area contributed by atoms with E-state index in [4.69, 9.17) is 9.47 Å². The van der Waals surface area contributed by atoms with Gasteiger partial charge in [0.15, 0.2) is 5.78 Å². The number of rotatable bonds is 22. The van der Waals surface area contributed by atoms with Crippen molar-refractivity contribution in [2.24, 2.45) is 23.7 Å². The first-order chi connectivity index (χ1) is 24.5. The Morgan fingerprint density at radius 3 is 2.04 bits per heavy atom. The number of ether oxygens (including phenoxy) is 2. The first kappa shape index (κ1) is 45.3. The molecule has 11 nitrogen and oxygen atoms in total. The van der Waals surface area contributed by atoms with Gasteiger partial charge in [-0.2, -0.15) is 0 Å². The molecule has 1 aliphatic heterocycles. The van der Waals surface area contributed by atoms with Crippen molar-refractivity contribution in [2.45, 2.75) is 130 Å². The summed E-state index contributed by atoms with van der Waals surface area (Å²) in [5.74, 6) is -0.898. The summed E-state index contributed by atoms with van der Waals surface area (Å²) in [7, 11) is 8.97. The van der Waals surface area contributed by atoms with Crippen LogP contribution >= 0.6 is 0 Å². The van der Waals surface area contributed by atoms with Crippen molar-refractivity contribution >= 4 is 23.5 Å². The van der Waals surface area contributed by atoms with E-state index in [-0.39, 0.29) is 71.6 Å². The van der Waals surface area contributed by atoms with Gasteiger partial charge in [0.05, 0.1) is 36.3 Å². The van der Waals surface area contributed by atoms with E-state index >= 15 is 0 Å². The van der Waals surface area contributed by atoms with E-state index < -0.39 is 18.0 Å². The van der Waals surface area contributed by atoms with Crippen LogP contribution < -0.4 is 10.6 Å². The molecule has 1 saturated heterocycles. The van der Waals surface area contributed by atoms with Crippen molar-refractivity contribution in [3.8, 4) is 0 Å². The van der Waals surface area contributed by atoms with E-state index in [0.717, 1.165) is 31.4 Å². The van der Waals surface area contributed by atoms with Crippen LogP contribution in [-0.2, 0) is 35.1 Å². The maximum atomic E-state index is 14.2. The zero-order valence-corrected chi connectivity index (χ0v) is 34.5. The second kappa shape index (κ2) is 21.7. The number of carbonyl (C=O) groups is 4. The number of hydrogen-bond acceptors (Lipinski definition) is 8. The summed E-state index contributed by atoms with van der Waals surface area (Å²) in [5, 5.41) is 6.10. The number of ketones is 1. The molecule has 0 spiro atoms. The highest BCUT2D eigenvalue weighted by Crippen LogP contribution is 2.29. The van der Waals surface area contributed by atoms with Crippen LogP contribution in [0.15, 0.2) is 30.3 Å². The van der Waals surface area contributed by atoms with E-state index in [0.29, 0.717) is 19.4 Å². The van der Waals surface area contributed by atoms with Gasteiger partial charge in [-0.1, -0.05) is 85.2 Å². The molecule has 0 unspecified atom stereocenters. The van der Waals surface area contributed by atoms with Crippen molar-refractivity contribution in [3.05, 3.63) is 35.9 Å². The Morgan fingerprint density at radius 1 is 0.904 bits per heavy atom. The summed E-state index contributed by atoms with van der Waals surface area (Å²) in [6.45, 7) is 17.2. The van der Waals surface area contributed by atoms with Crippen LogP contribution in [0.2, 0.25) is 0 Å². The van der Waals surface area contributed by atoms with Gasteiger partial charge in [0.25, 0.3) is 0 Å². The quantitative estimate of drug-likeness (QED) is 0.180. The number of nitrogens with zero attached hydrogens (tertiary/aromatic N) is 3. The Labute approximate surface area is 314 Å². The van der Waals surface area contributed by atoms with Crippen molar-refractivity contribution in [1.29, 1.82) is 0 Å². The average molecular weight is 730 g/mol. The third-order valence-corrected chi connectivity index (χ3v) is 11.2. The van der Waals surface area contributed by atoms with Gasteiger partial charge < -0.3 is 25.0 Å². The number of methoxy groups -OCH3 is 2. The van der Waals surface area contributed by atoms with Gasteiger partial charge in [-0.3, -0.25) is 29.0 Å². The van der Waals surface area contributed by atoms with Crippen molar-refractivity contribution in [3.63, 3.8) is 0 Å². The predicted molar refractivity (Wildman–Crippen MR) is 208 cm³/mol. The molecule has 9 atom stereocenters. The lowest BCUT2D eigenvalue weighted by molar-refractivity contribution is -0.143. The molecule has 1 aliphatic rings. The zero-order valence-electron chi connectivity index (χ0n) is 34.5. The van der Waals surface area contributed by atoms with Crippen LogP contribution in [0.3, 0.4) is 0 Å². The summed E-state index contributed by atoms with van der Waals surface area (Å²) in [6, 6.07) is 7.88. The molecule has 296 valence electrons. The topological polar surface area (TPSA) is 121 Å². The Bertz CT molecular complexity index is 1250. The SMILES string of the molecule is CC[C@H](C)[C@@H]([C@@H](CCN1CCC[C@H]1[C@H](OC)[C@@H](C)C(=O)N[C@@H](Cc1ccccc1)C(C)=O)OC)N(C)C(=O)[C@@H](NC(=O)[C@H](C(C)C)N(C)C)C(C)C. The van der Waals surface area contributed by atoms with Gasteiger partial charge in [-0.25, -0.2) is 0 Å². The molecule has 2 rings (SSSR count). The molecule has 3 amide bonds. The third-order valence-electron chi connectivity index (χ3n) is 11.2.